The van der Waals surface area contributed by atoms with E-state index < -0.39 is 0 Å². The largest absolute Gasteiger partial charge is 0.489 e. The van der Waals surface area contributed by atoms with Crippen LogP contribution in [-0.4, -0.2) is 13.2 Å². The molecule has 128 valence electrons. The number of anilines is 1. The lowest BCUT2D eigenvalue weighted by molar-refractivity contribution is 0.229. The van der Waals surface area contributed by atoms with Gasteiger partial charge >= 0.3 is 0 Å². The van der Waals surface area contributed by atoms with Crippen LogP contribution >= 0.6 is 0 Å². The summed E-state index contributed by atoms with van der Waals surface area (Å²) in [5.41, 5.74) is 4.89. The van der Waals surface area contributed by atoms with Crippen molar-refractivity contribution in [2.45, 2.75) is 34.2 Å². The van der Waals surface area contributed by atoms with E-state index in [-0.39, 0.29) is 0 Å². The van der Waals surface area contributed by atoms with E-state index >= 15 is 0 Å². The summed E-state index contributed by atoms with van der Waals surface area (Å²) in [7, 11) is 0. The van der Waals surface area contributed by atoms with Crippen LogP contribution in [0.4, 0.5) is 5.69 Å². The highest BCUT2D eigenvalue weighted by Crippen LogP contribution is 2.41. The maximum absolute atomic E-state index is 6.07. The maximum atomic E-state index is 6.07. The number of para-hydroxylation sites is 1. The van der Waals surface area contributed by atoms with E-state index in [1.807, 2.05) is 0 Å². The second-order valence-corrected chi connectivity index (χ2v) is 7.26. The standard InChI is InChI=1S/C21H27NO2/c1-14(2)12-23-20-9-16-11-22-19-8-6-5-7-17(19)18(16)10-21(20)24-13-15(3)4/h5-10,14-15,22H,11-13H2,1-4H3. The Morgan fingerprint density at radius 1 is 0.875 bits per heavy atom. The van der Waals surface area contributed by atoms with E-state index in [2.05, 4.69) is 69.4 Å². The first kappa shape index (κ1) is 16.7. The summed E-state index contributed by atoms with van der Waals surface area (Å²) in [5, 5.41) is 3.48. The lowest BCUT2D eigenvalue weighted by Gasteiger charge is -2.24. The summed E-state index contributed by atoms with van der Waals surface area (Å²) >= 11 is 0. The monoisotopic (exact) mass is 325 g/mol. The minimum Gasteiger partial charge on any atom is -0.489 e. The smallest absolute Gasteiger partial charge is 0.161 e. The van der Waals surface area contributed by atoms with Gasteiger partial charge in [-0.1, -0.05) is 45.9 Å². The molecule has 3 nitrogen and oxygen atoms in total. The number of benzene rings is 2. The molecule has 1 aliphatic heterocycles. The zero-order valence-corrected chi connectivity index (χ0v) is 15.1. The molecule has 0 saturated carbocycles. The molecule has 0 spiro atoms. The van der Waals surface area contributed by atoms with Crippen molar-refractivity contribution in [1.82, 2.24) is 0 Å². The fourth-order valence-electron chi connectivity index (χ4n) is 2.80. The Balaban J connectivity index is 1.98. The van der Waals surface area contributed by atoms with Crippen molar-refractivity contribution >= 4 is 5.69 Å². The summed E-state index contributed by atoms with van der Waals surface area (Å²) < 4.78 is 12.1. The highest BCUT2D eigenvalue weighted by atomic mass is 16.5. The Kier molecular flexibility index (Phi) is 4.98. The minimum absolute atomic E-state index is 0.480. The summed E-state index contributed by atoms with van der Waals surface area (Å²) in [4.78, 5) is 0. The molecule has 0 radical (unpaired) electrons. The van der Waals surface area contributed by atoms with Gasteiger partial charge in [-0.15, -0.1) is 0 Å². The first-order chi connectivity index (χ1) is 11.5. The molecule has 0 aromatic heterocycles. The highest BCUT2D eigenvalue weighted by molar-refractivity contribution is 5.84. The van der Waals surface area contributed by atoms with Crippen molar-refractivity contribution < 1.29 is 9.47 Å². The van der Waals surface area contributed by atoms with Crippen LogP contribution in [-0.2, 0) is 6.54 Å². The second-order valence-electron chi connectivity index (χ2n) is 7.26. The lowest BCUT2D eigenvalue weighted by Crippen LogP contribution is -2.12. The van der Waals surface area contributed by atoms with Crippen LogP contribution in [0.2, 0.25) is 0 Å². The Morgan fingerprint density at radius 3 is 2.17 bits per heavy atom. The molecule has 0 saturated heterocycles. The molecule has 3 rings (SSSR count). The van der Waals surface area contributed by atoms with Crippen molar-refractivity contribution in [3.63, 3.8) is 0 Å². The summed E-state index contributed by atoms with van der Waals surface area (Å²) in [6, 6.07) is 12.7. The molecule has 0 amide bonds. The van der Waals surface area contributed by atoms with Crippen LogP contribution in [0.5, 0.6) is 11.5 Å². The zero-order valence-electron chi connectivity index (χ0n) is 15.1. The van der Waals surface area contributed by atoms with Crippen molar-refractivity contribution in [3.05, 3.63) is 42.0 Å². The van der Waals surface area contributed by atoms with Gasteiger partial charge in [0.15, 0.2) is 11.5 Å². The van der Waals surface area contributed by atoms with Gasteiger partial charge in [-0.05, 0) is 41.2 Å². The highest BCUT2D eigenvalue weighted by Gasteiger charge is 2.19. The Labute approximate surface area is 145 Å². The molecule has 1 N–H and O–H groups in total. The fraction of sp³-hybridized carbons (Fsp3) is 0.429. The van der Waals surface area contributed by atoms with Crippen LogP contribution in [0.25, 0.3) is 11.1 Å². The molecular formula is C21H27NO2. The number of ether oxygens (including phenoxy) is 2. The molecule has 2 aromatic carbocycles. The van der Waals surface area contributed by atoms with Crippen molar-refractivity contribution in [1.29, 1.82) is 0 Å². The third kappa shape index (κ3) is 3.66. The number of hydrogen-bond acceptors (Lipinski definition) is 3. The number of rotatable bonds is 6. The molecule has 3 heteroatoms. The predicted octanol–water partition coefficient (Wildman–Crippen LogP) is 5.35. The van der Waals surface area contributed by atoms with E-state index in [1.54, 1.807) is 0 Å². The molecule has 2 aromatic rings. The number of hydrogen-bond donors (Lipinski definition) is 1. The van der Waals surface area contributed by atoms with Gasteiger partial charge in [0.25, 0.3) is 0 Å². The first-order valence-electron chi connectivity index (χ1n) is 8.80. The fourth-order valence-corrected chi connectivity index (χ4v) is 2.80. The molecule has 1 aliphatic rings. The summed E-state index contributed by atoms with van der Waals surface area (Å²) in [6.45, 7) is 10.8. The normalized spacial score (nSPS) is 12.6. The minimum atomic E-state index is 0.480. The molecule has 0 aliphatic carbocycles. The van der Waals surface area contributed by atoms with Crippen LogP contribution in [0.1, 0.15) is 33.3 Å². The molecule has 0 atom stereocenters. The summed E-state index contributed by atoms with van der Waals surface area (Å²) in [5.74, 6) is 2.66. The van der Waals surface area contributed by atoms with Gasteiger partial charge in [-0.2, -0.15) is 0 Å². The van der Waals surface area contributed by atoms with Crippen LogP contribution in [0.3, 0.4) is 0 Å². The first-order valence-corrected chi connectivity index (χ1v) is 8.80. The van der Waals surface area contributed by atoms with Gasteiger partial charge < -0.3 is 14.8 Å². The SMILES string of the molecule is CC(C)COc1cc2c(cc1OCC(C)C)-c1ccccc1NC2. The molecule has 0 fully saturated rings. The molecule has 0 unspecified atom stereocenters. The van der Waals surface area contributed by atoms with Crippen molar-refractivity contribution in [2.75, 3.05) is 18.5 Å². The van der Waals surface area contributed by atoms with Gasteiger partial charge in [0.2, 0.25) is 0 Å². The Hall–Kier alpha value is -2.16. The van der Waals surface area contributed by atoms with Crippen LogP contribution < -0.4 is 14.8 Å². The van der Waals surface area contributed by atoms with E-state index in [1.165, 1.54) is 22.4 Å². The Morgan fingerprint density at radius 2 is 1.50 bits per heavy atom. The predicted molar refractivity (Wildman–Crippen MR) is 99.9 cm³/mol. The number of fused-ring (bicyclic) bond motifs is 3. The van der Waals surface area contributed by atoms with E-state index in [0.29, 0.717) is 25.0 Å². The van der Waals surface area contributed by atoms with Gasteiger partial charge in [-0.25, -0.2) is 0 Å². The van der Waals surface area contributed by atoms with E-state index in [4.69, 9.17) is 9.47 Å². The topological polar surface area (TPSA) is 30.5 Å². The van der Waals surface area contributed by atoms with Crippen molar-refractivity contribution in [2.24, 2.45) is 11.8 Å². The van der Waals surface area contributed by atoms with Crippen LogP contribution in [0.15, 0.2) is 36.4 Å². The number of nitrogens with one attached hydrogen (secondary N) is 1. The summed E-state index contributed by atoms with van der Waals surface area (Å²) in [6.07, 6.45) is 0. The lowest BCUT2D eigenvalue weighted by atomic mass is 9.94. The molecule has 0 bridgehead atoms. The van der Waals surface area contributed by atoms with Crippen molar-refractivity contribution in [3.8, 4) is 22.6 Å². The van der Waals surface area contributed by atoms with E-state index in [9.17, 15) is 0 Å². The van der Waals surface area contributed by atoms with Gasteiger partial charge in [0.1, 0.15) is 0 Å². The third-order valence-electron chi connectivity index (χ3n) is 4.00. The quantitative estimate of drug-likeness (QED) is 0.776. The molecule has 1 heterocycles. The van der Waals surface area contributed by atoms with Crippen LogP contribution in [0, 0.1) is 11.8 Å². The average Bonchev–Trinajstić information content (AvgIpc) is 2.57. The van der Waals surface area contributed by atoms with Gasteiger partial charge in [0, 0.05) is 17.8 Å². The molecular weight excluding hydrogens is 298 g/mol. The average molecular weight is 325 g/mol. The molecule has 24 heavy (non-hydrogen) atoms. The maximum Gasteiger partial charge on any atom is 0.161 e. The Bertz CT molecular complexity index is 707. The third-order valence-corrected chi connectivity index (χ3v) is 4.00. The van der Waals surface area contributed by atoms with E-state index in [0.717, 1.165) is 18.0 Å². The second kappa shape index (κ2) is 7.16. The van der Waals surface area contributed by atoms with Gasteiger partial charge in [0.05, 0.1) is 13.2 Å². The van der Waals surface area contributed by atoms with Gasteiger partial charge in [-0.3, -0.25) is 0 Å². The zero-order chi connectivity index (χ0) is 17.1.